The number of hydrogen-bond donors (Lipinski definition) is 1. The lowest BCUT2D eigenvalue weighted by Crippen LogP contribution is -1.99. The summed E-state index contributed by atoms with van der Waals surface area (Å²) >= 11 is 0. The average Bonchev–Trinajstić information content (AvgIpc) is 2.71. The molecule has 0 unspecified atom stereocenters. The summed E-state index contributed by atoms with van der Waals surface area (Å²) in [5.41, 5.74) is 4.74. The van der Waals surface area contributed by atoms with Crippen molar-refractivity contribution in [2.45, 2.75) is 33.1 Å². The molecule has 2 aromatic rings. The lowest BCUT2D eigenvalue weighted by Gasteiger charge is -2.09. The van der Waals surface area contributed by atoms with Gasteiger partial charge in [0.25, 0.3) is 0 Å². The molecule has 1 N–H and O–H groups in total. The molecular weight excluding hydrogens is 236 g/mol. The van der Waals surface area contributed by atoms with Crippen LogP contribution >= 0.6 is 0 Å². The van der Waals surface area contributed by atoms with Gasteiger partial charge >= 0.3 is 0 Å². The van der Waals surface area contributed by atoms with Crippen LogP contribution in [0.3, 0.4) is 0 Å². The Kier molecular flexibility index (Phi) is 4.05. The largest absolute Gasteiger partial charge is 0.396 e. The zero-order chi connectivity index (χ0) is 14.0. The molecule has 0 amide bonds. The number of imidazole rings is 1. The van der Waals surface area contributed by atoms with Crippen molar-refractivity contribution >= 4 is 0 Å². The quantitative estimate of drug-likeness (QED) is 0.915. The van der Waals surface area contributed by atoms with Crippen LogP contribution in [-0.2, 0) is 13.5 Å². The van der Waals surface area contributed by atoms with E-state index in [2.05, 4.69) is 44.0 Å². The number of rotatable bonds is 4. The summed E-state index contributed by atoms with van der Waals surface area (Å²) in [5.74, 6) is 1.44. The Morgan fingerprint density at radius 3 is 2.68 bits per heavy atom. The maximum absolute atomic E-state index is 9.04. The zero-order valence-electron chi connectivity index (χ0n) is 12.1. The fourth-order valence-corrected chi connectivity index (χ4v) is 2.24. The number of aliphatic hydroxyl groups excluding tert-OH is 1. The minimum Gasteiger partial charge on any atom is -0.396 e. The molecule has 2 rings (SSSR count). The fourth-order valence-electron chi connectivity index (χ4n) is 2.24. The Balaban J connectivity index is 2.45. The van der Waals surface area contributed by atoms with Crippen LogP contribution in [0.15, 0.2) is 24.4 Å². The SMILES string of the molecule is Cc1ccc(C(C)C)cc1-c1cn(C)c(CCO)n1. The Labute approximate surface area is 114 Å². The standard InChI is InChI=1S/C16H22N2O/c1-11(2)13-6-5-12(3)14(9-13)15-10-18(4)16(17-15)7-8-19/h5-6,9-11,19H,7-8H2,1-4H3. The van der Waals surface area contributed by atoms with E-state index in [4.69, 9.17) is 5.11 Å². The third kappa shape index (κ3) is 2.87. The molecule has 19 heavy (non-hydrogen) atoms. The summed E-state index contributed by atoms with van der Waals surface area (Å²) in [5, 5.41) is 9.04. The average molecular weight is 258 g/mol. The Bertz CT molecular complexity index is 570. The van der Waals surface area contributed by atoms with Gasteiger partial charge in [0.15, 0.2) is 0 Å². The fraction of sp³-hybridized carbons (Fsp3) is 0.438. The van der Waals surface area contributed by atoms with Gasteiger partial charge in [0.2, 0.25) is 0 Å². The van der Waals surface area contributed by atoms with Crippen LogP contribution in [0, 0.1) is 6.92 Å². The van der Waals surface area contributed by atoms with E-state index in [1.165, 1.54) is 16.7 Å². The smallest absolute Gasteiger partial charge is 0.111 e. The summed E-state index contributed by atoms with van der Waals surface area (Å²) < 4.78 is 1.99. The number of benzene rings is 1. The normalized spacial score (nSPS) is 11.3. The summed E-state index contributed by atoms with van der Waals surface area (Å²) in [6.45, 7) is 6.64. The van der Waals surface area contributed by atoms with Crippen molar-refractivity contribution in [1.82, 2.24) is 9.55 Å². The molecule has 3 nitrogen and oxygen atoms in total. The highest BCUT2D eigenvalue weighted by Gasteiger charge is 2.11. The second kappa shape index (κ2) is 5.57. The first-order chi connectivity index (χ1) is 9.02. The van der Waals surface area contributed by atoms with E-state index in [1.54, 1.807) is 0 Å². The van der Waals surface area contributed by atoms with Crippen LogP contribution in [-0.4, -0.2) is 21.3 Å². The predicted molar refractivity (Wildman–Crippen MR) is 78.3 cm³/mol. The van der Waals surface area contributed by atoms with Gasteiger partial charge in [-0.2, -0.15) is 0 Å². The minimum absolute atomic E-state index is 0.134. The van der Waals surface area contributed by atoms with Gasteiger partial charge in [-0.15, -0.1) is 0 Å². The lowest BCUT2D eigenvalue weighted by atomic mass is 9.96. The highest BCUT2D eigenvalue weighted by molar-refractivity contribution is 5.64. The van der Waals surface area contributed by atoms with E-state index in [-0.39, 0.29) is 6.61 Å². The van der Waals surface area contributed by atoms with Gasteiger partial charge in [-0.3, -0.25) is 0 Å². The van der Waals surface area contributed by atoms with Crippen LogP contribution < -0.4 is 0 Å². The van der Waals surface area contributed by atoms with E-state index in [0.717, 1.165) is 11.5 Å². The van der Waals surface area contributed by atoms with Gasteiger partial charge in [-0.25, -0.2) is 4.98 Å². The highest BCUT2D eigenvalue weighted by atomic mass is 16.3. The molecule has 0 atom stereocenters. The molecule has 0 saturated heterocycles. The van der Waals surface area contributed by atoms with Crippen molar-refractivity contribution in [1.29, 1.82) is 0 Å². The van der Waals surface area contributed by atoms with Crippen molar-refractivity contribution in [2.24, 2.45) is 7.05 Å². The zero-order valence-corrected chi connectivity index (χ0v) is 12.1. The van der Waals surface area contributed by atoms with Crippen molar-refractivity contribution in [2.75, 3.05) is 6.61 Å². The lowest BCUT2D eigenvalue weighted by molar-refractivity contribution is 0.295. The minimum atomic E-state index is 0.134. The Morgan fingerprint density at radius 1 is 1.32 bits per heavy atom. The van der Waals surface area contributed by atoms with Gasteiger partial charge in [0.05, 0.1) is 12.3 Å². The molecule has 0 saturated carbocycles. The third-order valence-corrected chi connectivity index (χ3v) is 3.51. The van der Waals surface area contributed by atoms with Gasteiger partial charge in [0, 0.05) is 25.2 Å². The molecule has 1 aromatic heterocycles. The molecule has 3 heteroatoms. The van der Waals surface area contributed by atoms with Crippen LogP contribution in [0.5, 0.6) is 0 Å². The van der Waals surface area contributed by atoms with Crippen molar-refractivity contribution < 1.29 is 5.11 Å². The first kappa shape index (κ1) is 13.8. The molecule has 1 aromatic carbocycles. The molecule has 0 aliphatic carbocycles. The molecule has 0 aliphatic heterocycles. The van der Waals surface area contributed by atoms with Gasteiger partial charge < -0.3 is 9.67 Å². The molecule has 1 heterocycles. The summed E-state index contributed by atoms with van der Waals surface area (Å²) in [4.78, 5) is 4.63. The molecule has 0 aliphatic rings. The molecular formula is C16H22N2O. The van der Waals surface area contributed by atoms with E-state index in [0.29, 0.717) is 12.3 Å². The predicted octanol–water partition coefficient (Wildman–Crippen LogP) is 3.05. The maximum atomic E-state index is 9.04. The molecule has 0 spiro atoms. The monoisotopic (exact) mass is 258 g/mol. The number of aromatic nitrogens is 2. The van der Waals surface area contributed by atoms with E-state index in [9.17, 15) is 0 Å². The molecule has 0 bridgehead atoms. The van der Waals surface area contributed by atoms with E-state index >= 15 is 0 Å². The van der Waals surface area contributed by atoms with Crippen LogP contribution in [0.25, 0.3) is 11.3 Å². The molecule has 0 fully saturated rings. The van der Waals surface area contributed by atoms with Crippen LogP contribution in [0.4, 0.5) is 0 Å². The Morgan fingerprint density at radius 2 is 2.05 bits per heavy atom. The van der Waals surface area contributed by atoms with Crippen molar-refractivity contribution in [3.8, 4) is 11.3 Å². The van der Waals surface area contributed by atoms with E-state index < -0.39 is 0 Å². The summed E-state index contributed by atoms with van der Waals surface area (Å²) in [6.07, 6.45) is 2.64. The molecule has 0 radical (unpaired) electrons. The van der Waals surface area contributed by atoms with E-state index in [1.807, 2.05) is 17.8 Å². The summed E-state index contributed by atoms with van der Waals surface area (Å²) in [6, 6.07) is 6.57. The first-order valence-corrected chi connectivity index (χ1v) is 6.77. The van der Waals surface area contributed by atoms with Gasteiger partial charge in [0.1, 0.15) is 5.82 Å². The number of aliphatic hydroxyl groups is 1. The van der Waals surface area contributed by atoms with Gasteiger partial charge in [-0.1, -0.05) is 26.0 Å². The van der Waals surface area contributed by atoms with Crippen molar-refractivity contribution in [3.63, 3.8) is 0 Å². The maximum Gasteiger partial charge on any atom is 0.111 e. The second-order valence-corrected chi connectivity index (χ2v) is 5.36. The molecule has 102 valence electrons. The number of aryl methyl sites for hydroxylation is 2. The highest BCUT2D eigenvalue weighted by Crippen LogP contribution is 2.26. The number of nitrogens with zero attached hydrogens (tertiary/aromatic N) is 2. The van der Waals surface area contributed by atoms with Crippen LogP contribution in [0.1, 0.15) is 36.7 Å². The van der Waals surface area contributed by atoms with Crippen LogP contribution in [0.2, 0.25) is 0 Å². The second-order valence-electron chi connectivity index (χ2n) is 5.36. The Hall–Kier alpha value is -1.61. The number of hydrogen-bond acceptors (Lipinski definition) is 2. The first-order valence-electron chi connectivity index (χ1n) is 6.77. The third-order valence-electron chi connectivity index (χ3n) is 3.51. The van der Waals surface area contributed by atoms with Crippen molar-refractivity contribution in [3.05, 3.63) is 41.3 Å². The topological polar surface area (TPSA) is 38.0 Å². The van der Waals surface area contributed by atoms with Gasteiger partial charge in [-0.05, 0) is 30.0 Å². The summed E-state index contributed by atoms with van der Waals surface area (Å²) in [7, 11) is 1.98.